The van der Waals surface area contributed by atoms with E-state index in [4.69, 9.17) is 5.10 Å². The molecule has 0 bridgehead atoms. The Bertz CT molecular complexity index is 1170. The number of fused-ring (bicyclic) bond motifs is 1. The topological polar surface area (TPSA) is 67.1 Å². The molecule has 3 aromatic rings. The number of nitrogens with zero attached hydrogens (tertiary/aromatic N) is 2. The summed E-state index contributed by atoms with van der Waals surface area (Å²) in [6.45, 7) is 6.28. The van der Waals surface area contributed by atoms with Crippen molar-refractivity contribution in [3.63, 3.8) is 0 Å². The van der Waals surface area contributed by atoms with Crippen molar-refractivity contribution in [1.29, 1.82) is 0 Å². The number of phenols is 1. The third kappa shape index (κ3) is 2.93. The first-order valence-corrected chi connectivity index (χ1v) is 10.3. The SMILES string of the molecule is Cc1nn(-c2ccccc2)c2c1[C@@H](c1ccc(O)cc1)C1=C(CC(C)(C)CC1=O)N2. The van der Waals surface area contributed by atoms with E-state index in [2.05, 4.69) is 19.2 Å². The van der Waals surface area contributed by atoms with Gasteiger partial charge in [-0.2, -0.15) is 5.10 Å². The van der Waals surface area contributed by atoms with Gasteiger partial charge in [0.1, 0.15) is 11.6 Å². The van der Waals surface area contributed by atoms with E-state index >= 15 is 0 Å². The highest BCUT2D eigenvalue weighted by Crippen LogP contribution is 2.50. The molecule has 0 saturated heterocycles. The molecule has 2 heterocycles. The van der Waals surface area contributed by atoms with Gasteiger partial charge in [0.25, 0.3) is 0 Å². The van der Waals surface area contributed by atoms with Gasteiger partial charge < -0.3 is 10.4 Å². The molecule has 1 aliphatic heterocycles. The minimum Gasteiger partial charge on any atom is -0.508 e. The van der Waals surface area contributed by atoms with Crippen molar-refractivity contribution in [2.75, 3.05) is 5.32 Å². The van der Waals surface area contributed by atoms with Crippen LogP contribution >= 0.6 is 0 Å². The molecule has 2 N–H and O–H groups in total. The van der Waals surface area contributed by atoms with Crippen LogP contribution in [0.2, 0.25) is 0 Å². The summed E-state index contributed by atoms with van der Waals surface area (Å²) >= 11 is 0. The third-order valence-corrected chi connectivity index (χ3v) is 6.10. The number of hydrogen-bond donors (Lipinski definition) is 2. The number of aromatic nitrogens is 2. The molecule has 0 radical (unpaired) electrons. The Labute approximate surface area is 176 Å². The maximum atomic E-state index is 13.3. The normalized spacial score (nSPS) is 19.8. The average Bonchev–Trinajstić information content (AvgIpc) is 3.03. The number of rotatable bonds is 2. The standard InChI is InChI=1S/C25H25N3O2/c1-15-21-22(16-9-11-18(29)12-10-16)23-19(13-25(2,3)14-20(23)30)26-24(21)28(27-15)17-7-5-4-6-8-17/h4-12,22,26,29H,13-14H2,1-3H3/t22-/m1/s1. The molecule has 5 nitrogen and oxygen atoms in total. The largest absolute Gasteiger partial charge is 0.508 e. The van der Waals surface area contributed by atoms with Gasteiger partial charge in [0.2, 0.25) is 0 Å². The zero-order valence-electron chi connectivity index (χ0n) is 17.4. The summed E-state index contributed by atoms with van der Waals surface area (Å²) in [6, 6.07) is 17.2. The van der Waals surface area contributed by atoms with Crippen LogP contribution in [0.1, 0.15) is 49.4 Å². The summed E-state index contributed by atoms with van der Waals surface area (Å²) in [5.41, 5.74) is 5.62. The first kappa shape index (κ1) is 18.7. The predicted molar refractivity (Wildman–Crippen MR) is 117 cm³/mol. The van der Waals surface area contributed by atoms with E-state index in [0.717, 1.165) is 46.0 Å². The maximum absolute atomic E-state index is 13.3. The molecule has 0 spiro atoms. The lowest BCUT2D eigenvalue weighted by Gasteiger charge is -2.38. The van der Waals surface area contributed by atoms with Crippen LogP contribution in [0, 0.1) is 12.3 Å². The van der Waals surface area contributed by atoms with E-state index < -0.39 is 0 Å². The van der Waals surface area contributed by atoms with Crippen LogP contribution in [0.4, 0.5) is 5.82 Å². The Morgan fingerprint density at radius 3 is 2.47 bits per heavy atom. The van der Waals surface area contributed by atoms with Crippen LogP contribution in [-0.2, 0) is 4.79 Å². The molecule has 0 saturated carbocycles. The second-order valence-electron chi connectivity index (χ2n) is 9.08. The number of Topliss-reactive ketones (excluding diaryl/α,β-unsaturated/α-hetero) is 1. The molecule has 5 heteroatoms. The Kier molecular flexibility index (Phi) is 4.10. The number of para-hydroxylation sites is 1. The number of carbonyl (C=O) groups excluding carboxylic acids is 1. The molecular formula is C25H25N3O2. The predicted octanol–water partition coefficient (Wildman–Crippen LogP) is 5.09. The molecule has 2 aromatic carbocycles. The quantitative estimate of drug-likeness (QED) is 0.630. The summed E-state index contributed by atoms with van der Waals surface area (Å²) in [4.78, 5) is 13.3. The number of anilines is 1. The van der Waals surface area contributed by atoms with E-state index in [-0.39, 0.29) is 22.9 Å². The fourth-order valence-corrected chi connectivity index (χ4v) is 4.83. The van der Waals surface area contributed by atoms with Crippen molar-refractivity contribution in [1.82, 2.24) is 9.78 Å². The molecule has 2 aliphatic rings. The van der Waals surface area contributed by atoms with Crippen molar-refractivity contribution in [3.8, 4) is 11.4 Å². The fourth-order valence-electron chi connectivity index (χ4n) is 4.83. The van der Waals surface area contributed by atoms with Gasteiger partial charge in [0.05, 0.1) is 11.4 Å². The second kappa shape index (κ2) is 6.59. The highest BCUT2D eigenvalue weighted by Gasteiger charge is 2.42. The van der Waals surface area contributed by atoms with Crippen LogP contribution in [0.3, 0.4) is 0 Å². The first-order chi connectivity index (χ1) is 14.3. The van der Waals surface area contributed by atoms with Crippen molar-refractivity contribution in [3.05, 3.63) is 82.7 Å². The van der Waals surface area contributed by atoms with Crippen LogP contribution in [-0.4, -0.2) is 20.7 Å². The summed E-state index contributed by atoms with van der Waals surface area (Å²) in [6.07, 6.45) is 1.34. The lowest BCUT2D eigenvalue weighted by molar-refractivity contribution is -0.118. The molecule has 0 amide bonds. The van der Waals surface area contributed by atoms with Crippen LogP contribution in [0.5, 0.6) is 5.75 Å². The Morgan fingerprint density at radius 2 is 1.77 bits per heavy atom. The van der Waals surface area contributed by atoms with Gasteiger partial charge in [-0.1, -0.05) is 44.2 Å². The molecule has 1 atom stereocenters. The second-order valence-corrected chi connectivity index (χ2v) is 9.08. The van der Waals surface area contributed by atoms with Crippen molar-refractivity contribution >= 4 is 11.6 Å². The van der Waals surface area contributed by atoms with Gasteiger partial charge in [-0.25, -0.2) is 4.68 Å². The minimum absolute atomic E-state index is 0.0907. The summed E-state index contributed by atoms with van der Waals surface area (Å²) in [5, 5.41) is 18.2. The average molecular weight is 399 g/mol. The number of aryl methyl sites for hydroxylation is 1. The van der Waals surface area contributed by atoms with Gasteiger partial charge in [-0.15, -0.1) is 0 Å². The lowest BCUT2D eigenvalue weighted by Crippen LogP contribution is -2.34. The molecule has 152 valence electrons. The number of allylic oxidation sites excluding steroid dienone is 2. The van der Waals surface area contributed by atoms with Crippen molar-refractivity contribution < 1.29 is 9.90 Å². The Balaban J connectivity index is 1.76. The fraction of sp³-hybridized carbons (Fsp3) is 0.280. The molecule has 5 rings (SSSR count). The zero-order chi connectivity index (χ0) is 21.0. The van der Waals surface area contributed by atoms with E-state index in [1.165, 1.54) is 0 Å². The number of aromatic hydroxyl groups is 1. The molecular weight excluding hydrogens is 374 g/mol. The summed E-state index contributed by atoms with van der Waals surface area (Å²) in [5.74, 6) is 1.12. The van der Waals surface area contributed by atoms with Gasteiger partial charge in [-0.05, 0) is 48.6 Å². The monoisotopic (exact) mass is 399 g/mol. The summed E-state index contributed by atoms with van der Waals surface area (Å²) < 4.78 is 1.94. The smallest absolute Gasteiger partial charge is 0.162 e. The van der Waals surface area contributed by atoms with Crippen molar-refractivity contribution in [2.24, 2.45) is 5.41 Å². The number of nitrogens with one attached hydrogen (secondary N) is 1. The maximum Gasteiger partial charge on any atom is 0.162 e. The van der Waals surface area contributed by atoms with Crippen molar-refractivity contribution in [2.45, 2.75) is 39.5 Å². The van der Waals surface area contributed by atoms with Gasteiger partial charge in [0.15, 0.2) is 5.78 Å². The number of carbonyl (C=O) groups is 1. The molecule has 1 aliphatic carbocycles. The Morgan fingerprint density at radius 1 is 1.07 bits per heavy atom. The van der Waals surface area contributed by atoms with Crippen LogP contribution in [0.15, 0.2) is 65.9 Å². The molecule has 1 aromatic heterocycles. The number of ketones is 1. The molecule has 30 heavy (non-hydrogen) atoms. The minimum atomic E-state index is -0.196. The molecule has 0 fully saturated rings. The highest BCUT2D eigenvalue weighted by atomic mass is 16.3. The summed E-state index contributed by atoms with van der Waals surface area (Å²) in [7, 11) is 0. The molecule has 0 unspecified atom stereocenters. The number of benzene rings is 2. The lowest BCUT2D eigenvalue weighted by atomic mass is 9.69. The van der Waals surface area contributed by atoms with Crippen LogP contribution < -0.4 is 5.32 Å². The van der Waals surface area contributed by atoms with E-state index in [1.54, 1.807) is 12.1 Å². The third-order valence-electron chi connectivity index (χ3n) is 6.10. The highest BCUT2D eigenvalue weighted by molar-refractivity contribution is 6.01. The van der Waals surface area contributed by atoms with Gasteiger partial charge in [0, 0.05) is 29.2 Å². The zero-order valence-corrected chi connectivity index (χ0v) is 17.4. The number of hydrogen-bond acceptors (Lipinski definition) is 4. The van der Waals surface area contributed by atoms with E-state index in [0.29, 0.717) is 6.42 Å². The van der Waals surface area contributed by atoms with E-state index in [1.807, 2.05) is 54.1 Å². The number of phenolic OH excluding ortho intramolecular Hbond substituents is 1. The van der Waals surface area contributed by atoms with Gasteiger partial charge >= 0.3 is 0 Å². The Hall–Kier alpha value is -3.34. The van der Waals surface area contributed by atoms with E-state index in [9.17, 15) is 9.90 Å². The van der Waals surface area contributed by atoms with Gasteiger partial charge in [-0.3, -0.25) is 4.79 Å². The first-order valence-electron chi connectivity index (χ1n) is 10.3. The van der Waals surface area contributed by atoms with Crippen LogP contribution in [0.25, 0.3) is 5.69 Å².